The number of aryl methyl sites for hydroxylation is 1. The van der Waals surface area contributed by atoms with Crippen molar-refractivity contribution in [3.05, 3.63) is 82.9 Å². The molecule has 2 aromatic carbocycles. The Bertz CT molecular complexity index is 1380. The van der Waals surface area contributed by atoms with Gasteiger partial charge in [-0.3, -0.25) is 14.4 Å². The van der Waals surface area contributed by atoms with Gasteiger partial charge in [0.25, 0.3) is 0 Å². The van der Waals surface area contributed by atoms with Crippen molar-refractivity contribution in [1.29, 1.82) is 0 Å². The Morgan fingerprint density at radius 2 is 1.84 bits per heavy atom. The number of rotatable bonds is 12. The molecule has 7 nitrogen and oxygen atoms in total. The quantitative estimate of drug-likeness (QED) is 0.257. The molecule has 1 aliphatic heterocycles. The normalized spacial score (nSPS) is 22.1. The van der Waals surface area contributed by atoms with Crippen LogP contribution < -0.4 is 4.74 Å². The van der Waals surface area contributed by atoms with Crippen LogP contribution >= 0.6 is 0 Å². The van der Waals surface area contributed by atoms with Crippen molar-refractivity contribution in [3.63, 3.8) is 0 Å². The monoisotopic (exact) mass is 604 g/mol. The molecule has 2 fully saturated rings. The number of likely N-dealkylation sites (tertiary alicyclic amines) is 1. The predicted molar refractivity (Wildman–Crippen MR) is 172 cm³/mol. The van der Waals surface area contributed by atoms with Crippen molar-refractivity contribution < 1.29 is 19.0 Å². The van der Waals surface area contributed by atoms with E-state index in [2.05, 4.69) is 39.6 Å². The first-order valence-corrected chi connectivity index (χ1v) is 16.3. The summed E-state index contributed by atoms with van der Waals surface area (Å²) >= 11 is 0. The highest BCUT2D eigenvalue weighted by molar-refractivity contribution is 5.73. The molecule has 5 rings (SSSR count). The number of hydrogen-bond acceptors (Lipinski definition) is 5. The van der Waals surface area contributed by atoms with Gasteiger partial charge >= 0.3 is 5.97 Å². The molecule has 238 valence electrons. The third-order valence-corrected chi connectivity index (χ3v) is 10.1. The van der Waals surface area contributed by atoms with Gasteiger partial charge in [0.2, 0.25) is 0 Å². The number of carboxylic acid groups (broad SMARTS) is 1. The highest BCUT2D eigenvalue weighted by Crippen LogP contribution is 2.43. The van der Waals surface area contributed by atoms with Crippen LogP contribution in [0.5, 0.6) is 5.75 Å². The second kappa shape index (κ2) is 14.2. The Hall–Kier alpha value is -3.23. The Labute approximate surface area is 262 Å². The average molecular weight is 605 g/mol. The largest absolute Gasteiger partial charge is 0.497 e. The smallest absolute Gasteiger partial charge is 0.321 e. The Balaban J connectivity index is 1.25. The minimum atomic E-state index is -0.770. The molecule has 1 aromatic heterocycles. The van der Waals surface area contributed by atoms with Crippen LogP contribution in [0.2, 0.25) is 0 Å². The first kappa shape index (κ1) is 32.2. The summed E-state index contributed by atoms with van der Waals surface area (Å²) in [5, 5.41) is 14.9. The van der Waals surface area contributed by atoms with E-state index in [1.54, 1.807) is 19.2 Å². The minimum absolute atomic E-state index is 0.0106. The number of aliphatic carboxylic acids is 1. The van der Waals surface area contributed by atoms with Crippen molar-refractivity contribution in [2.24, 2.45) is 11.8 Å². The van der Waals surface area contributed by atoms with Crippen molar-refractivity contribution in [2.75, 3.05) is 33.8 Å². The molecule has 44 heavy (non-hydrogen) atoms. The highest BCUT2D eigenvalue weighted by atomic mass is 19.1. The van der Waals surface area contributed by atoms with Gasteiger partial charge in [0.15, 0.2) is 0 Å². The van der Waals surface area contributed by atoms with E-state index in [0.29, 0.717) is 11.8 Å². The van der Waals surface area contributed by atoms with Crippen LogP contribution in [0.1, 0.15) is 80.8 Å². The zero-order valence-corrected chi connectivity index (χ0v) is 27.0. The van der Waals surface area contributed by atoms with Crippen LogP contribution in [0, 0.1) is 17.7 Å². The summed E-state index contributed by atoms with van der Waals surface area (Å²) in [6, 6.07) is 17.2. The zero-order chi connectivity index (χ0) is 31.4. The lowest BCUT2D eigenvalue weighted by Gasteiger charge is -2.35. The third kappa shape index (κ3) is 7.35. The van der Waals surface area contributed by atoms with E-state index in [1.807, 2.05) is 39.1 Å². The molecule has 2 heterocycles. The molecule has 3 unspecified atom stereocenters. The lowest BCUT2D eigenvalue weighted by molar-refractivity contribution is -0.145. The molecule has 0 bridgehead atoms. The van der Waals surface area contributed by atoms with Gasteiger partial charge in [-0.25, -0.2) is 4.39 Å². The first-order valence-electron chi connectivity index (χ1n) is 16.3. The predicted octanol–water partition coefficient (Wildman–Crippen LogP) is 6.42. The summed E-state index contributed by atoms with van der Waals surface area (Å²) in [4.78, 5) is 16.8. The summed E-state index contributed by atoms with van der Waals surface area (Å²) in [7, 11) is 3.64. The fourth-order valence-corrected chi connectivity index (χ4v) is 7.78. The molecular formula is C36H49FN4O3. The average Bonchev–Trinajstić information content (AvgIpc) is 3.62. The van der Waals surface area contributed by atoms with E-state index in [1.165, 1.54) is 17.3 Å². The van der Waals surface area contributed by atoms with Gasteiger partial charge in [0, 0.05) is 37.2 Å². The van der Waals surface area contributed by atoms with Crippen LogP contribution in [-0.2, 0) is 17.8 Å². The number of aromatic nitrogens is 2. The maximum absolute atomic E-state index is 14.3. The fourth-order valence-electron chi connectivity index (χ4n) is 7.78. The van der Waals surface area contributed by atoms with E-state index in [-0.39, 0.29) is 23.7 Å². The summed E-state index contributed by atoms with van der Waals surface area (Å²) < 4.78 is 21.8. The Morgan fingerprint density at radius 3 is 2.45 bits per heavy atom. The number of methoxy groups -OCH3 is 1. The van der Waals surface area contributed by atoms with Crippen molar-refractivity contribution in [1.82, 2.24) is 19.6 Å². The maximum Gasteiger partial charge on any atom is 0.321 e. The number of likely N-dealkylation sites (N-methyl/N-ethyl adjacent to an activating group) is 1. The van der Waals surface area contributed by atoms with E-state index >= 15 is 0 Å². The first-order chi connectivity index (χ1) is 21.2. The van der Waals surface area contributed by atoms with E-state index in [4.69, 9.17) is 9.84 Å². The van der Waals surface area contributed by atoms with Crippen LogP contribution in [-0.4, -0.2) is 76.5 Å². The minimum Gasteiger partial charge on any atom is -0.497 e. The number of carboxylic acids is 1. The van der Waals surface area contributed by atoms with E-state index < -0.39 is 12.0 Å². The van der Waals surface area contributed by atoms with Gasteiger partial charge in [-0.05, 0) is 112 Å². The molecule has 0 amide bonds. The number of carbonyl (C=O) groups is 1. The Morgan fingerprint density at radius 1 is 1.11 bits per heavy atom. The maximum atomic E-state index is 14.3. The molecule has 1 N–H and O–H groups in total. The topological polar surface area (TPSA) is 70.8 Å². The standard InChI is InChI=1S/C36H49FN4O3/c1-6-41-34(21-30(38-41)18-25-10-12-32(44-5)13-11-25)26-14-16-40(17-15-26)23-28-20-31(39(4)35(24(2)3)36(42)43)22-33(28)27-8-7-9-29(37)19-27/h7-13,19,21,24,26,28,31,33,35H,6,14-18,20,22-23H2,1-5H3,(H,42,43)/t28?,31?,33?,35-/m1/s1. The summed E-state index contributed by atoms with van der Waals surface area (Å²) in [5.74, 6) is 0.933. The molecular weight excluding hydrogens is 555 g/mol. The van der Waals surface area contributed by atoms with Crippen LogP contribution in [0.3, 0.4) is 0 Å². The molecule has 1 aliphatic carbocycles. The van der Waals surface area contributed by atoms with Crippen molar-refractivity contribution >= 4 is 5.97 Å². The number of benzene rings is 2. The van der Waals surface area contributed by atoms with E-state index in [9.17, 15) is 14.3 Å². The van der Waals surface area contributed by atoms with Gasteiger partial charge in [-0.1, -0.05) is 38.1 Å². The van der Waals surface area contributed by atoms with Crippen LogP contribution in [0.4, 0.5) is 4.39 Å². The summed E-state index contributed by atoms with van der Waals surface area (Å²) in [5.41, 5.74) is 4.71. The summed E-state index contributed by atoms with van der Waals surface area (Å²) in [6.45, 7) is 9.96. The zero-order valence-electron chi connectivity index (χ0n) is 27.0. The molecule has 8 heteroatoms. The molecule has 2 aliphatic rings. The third-order valence-electron chi connectivity index (χ3n) is 10.1. The lowest BCUT2D eigenvalue weighted by Crippen LogP contribution is -2.47. The molecule has 1 saturated carbocycles. The molecule has 0 spiro atoms. The number of nitrogens with zero attached hydrogens (tertiary/aromatic N) is 4. The van der Waals surface area contributed by atoms with Gasteiger partial charge in [0.05, 0.1) is 12.8 Å². The van der Waals surface area contributed by atoms with Gasteiger partial charge in [0.1, 0.15) is 17.6 Å². The lowest BCUT2D eigenvalue weighted by atomic mass is 9.87. The number of ether oxygens (including phenoxy) is 1. The Kier molecular flexibility index (Phi) is 10.4. The molecule has 0 radical (unpaired) electrons. The van der Waals surface area contributed by atoms with Gasteiger partial charge in [-0.15, -0.1) is 0 Å². The van der Waals surface area contributed by atoms with Crippen molar-refractivity contribution in [3.8, 4) is 5.75 Å². The number of hydrogen-bond donors (Lipinski definition) is 1. The van der Waals surface area contributed by atoms with Crippen LogP contribution in [0.15, 0.2) is 54.6 Å². The second-order valence-corrected chi connectivity index (χ2v) is 13.2. The van der Waals surface area contributed by atoms with E-state index in [0.717, 1.165) is 75.3 Å². The fraction of sp³-hybridized carbons (Fsp3) is 0.556. The molecule has 3 aromatic rings. The SMILES string of the molecule is CCn1nc(Cc2ccc(OC)cc2)cc1C1CCN(CC2CC(N(C)[C@@H](C(=O)O)C(C)C)CC2c2cccc(F)c2)CC1. The van der Waals surface area contributed by atoms with Crippen molar-refractivity contribution in [2.45, 2.75) is 83.3 Å². The molecule has 4 atom stereocenters. The number of halogens is 1. The van der Waals surface area contributed by atoms with Crippen LogP contribution in [0.25, 0.3) is 0 Å². The molecule has 1 saturated heterocycles. The summed E-state index contributed by atoms with van der Waals surface area (Å²) in [6.07, 6.45) is 4.75. The number of piperidine rings is 1. The van der Waals surface area contributed by atoms with Gasteiger partial charge < -0.3 is 14.7 Å². The highest BCUT2D eigenvalue weighted by Gasteiger charge is 2.42. The second-order valence-electron chi connectivity index (χ2n) is 13.2. The van der Waals surface area contributed by atoms with Gasteiger partial charge in [-0.2, -0.15) is 5.10 Å².